The van der Waals surface area contributed by atoms with Gasteiger partial charge in [-0.2, -0.15) is 0 Å². The van der Waals surface area contributed by atoms with Crippen molar-refractivity contribution in [1.29, 1.82) is 0 Å². The van der Waals surface area contributed by atoms with E-state index in [0.29, 0.717) is 11.3 Å². The fourth-order valence-corrected chi connectivity index (χ4v) is 2.41. The van der Waals surface area contributed by atoms with Crippen LogP contribution >= 0.6 is 12.4 Å². The second kappa shape index (κ2) is 7.31. The number of amides is 2. The van der Waals surface area contributed by atoms with Gasteiger partial charge in [0.25, 0.3) is 5.91 Å². The number of hydrogen-bond acceptors (Lipinski definition) is 3. The van der Waals surface area contributed by atoms with Crippen molar-refractivity contribution in [3.8, 4) is 0 Å². The molecular weight excluding hydrogens is 280 g/mol. The van der Waals surface area contributed by atoms with Crippen LogP contribution in [-0.4, -0.2) is 47.4 Å². The smallest absolute Gasteiger partial charge is 0.270 e. The lowest BCUT2D eigenvalue weighted by Gasteiger charge is -2.27. The molecule has 20 heavy (non-hydrogen) atoms. The van der Waals surface area contributed by atoms with Crippen LogP contribution in [-0.2, 0) is 0 Å². The average molecular weight is 301 g/mol. The Kier molecular flexibility index (Phi) is 6.04. The molecule has 1 saturated heterocycles. The summed E-state index contributed by atoms with van der Waals surface area (Å²) >= 11 is 0. The van der Waals surface area contributed by atoms with Crippen molar-refractivity contribution < 1.29 is 9.59 Å². The maximum atomic E-state index is 12.5. The highest BCUT2D eigenvalue weighted by Gasteiger charge is 2.27. The minimum Gasteiger partial charge on any atom is -0.366 e. The zero-order chi connectivity index (χ0) is 13.8. The molecule has 0 aliphatic carbocycles. The maximum absolute atomic E-state index is 12.5. The Morgan fingerprint density at radius 1 is 1.50 bits per heavy atom. The van der Waals surface area contributed by atoms with Gasteiger partial charge in [0.05, 0.1) is 5.56 Å². The molecule has 0 aromatic carbocycles. The number of hydrogen-bond donors (Lipinski definition) is 3. The first-order chi connectivity index (χ1) is 9.13. The van der Waals surface area contributed by atoms with E-state index in [1.807, 2.05) is 11.8 Å². The fourth-order valence-electron chi connectivity index (χ4n) is 2.41. The Balaban J connectivity index is 0.00000200. The lowest BCUT2D eigenvalue weighted by atomic mass is 10.2. The molecule has 4 N–H and O–H groups in total. The molecule has 1 aliphatic heterocycles. The third-order valence-corrected chi connectivity index (χ3v) is 3.40. The first kappa shape index (κ1) is 16.5. The Morgan fingerprint density at radius 3 is 2.75 bits per heavy atom. The van der Waals surface area contributed by atoms with Crippen molar-refractivity contribution in [2.75, 3.05) is 19.6 Å². The van der Waals surface area contributed by atoms with Crippen LogP contribution in [0.25, 0.3) is 0 Å². The van der Waals surface area contributed by atoms with Gasteiger partial charge in [-0.25, -0.2) is 0 Å². The number of H-pyrrole nitrogens is 1. The SMILES string of the molecule is CCCN(C(=O)c1cc(C(N)=O)c[nH]1)C1CCNC1.Cl. The molecule has 6 nitrogen and oxygen atoms in total. The highest BCUT2D eigenvalue weighted by molar-refractivity contribution is 5.98. The first-order valence-corrected chi connectivity index (χ1v) is 6.63. The first-order valence-electron chi connectivity index (χ1n) is 6.63. The Hall–Kier alpha value is -1.53. The quantitative estimate of drug-likeness (QED) is 0.749. The summed E-state index contributed by atoms with van der Waals surface area (Å²) in [6.07, 6.45) is 3.35. The van der Waals surface area contributed by atoms with E-state index in [0.717, 1.165) is 32.5 Å². The van der Waals surface area contributed by atoms with E-state index < -0.39 is 5.91 Å². The minimum absolute atomic E-state index is 0. The van der Waals surface area contributed by atoms with Crippen LogP contribution in [0.5, 0.6) is 0 Å². The number of nitrogens with one attached hydrogen (secondary N) is 2. The molecular formula is C13H21ClN4O2. The summed E-state index contributed by atoms with van der Waals surface area (Å²) in [7, 11) is 0. The zero-order valence-corrected chi connectivity index (χ0v) is 12.3. The summed E-state index contributed by atoms with van der Waals surface area (Å²) in [6.45, 7) is 4.53. The molecule has 2 heterocycles. The van der Waals surface area contributed by atoms with E-state index >= 15 is 0 Å². The number of nitrogens with zero attached hydrogens (tertiary/aromatic N) is 1. The average Bonchev–Trinajstić information content (AvgIpc) is 3.05. The predicted octanol–water partition coefficient (Wildman–Crippen LogP) is 0.749. The van der Waals surface area contributed by atoms with Gasteiger partial charge in [0, 0.05) is 25.3 Å². The van der Waals surface area contributed by atoms with Gasteiger partial charge in [0.2, 0.25) is 5.91 Å². The highest BCUT2D eigenvalue weighted by atomic mass is 35.5. The summed E-state index contributed by atoms with van der Waals surface area (Å²) in [4.78, 5) is 28.2. The van der Waals surface area contributed by atoms with E-state index in [2.05, 4.69) is 10.3 Å². The van der Waals surface area contributed by atoms with Gasteiger partial charge in [-0.1, -0.05) is 6.92 Å². The van der Waals surface area contributed by atoms with Gasteiger partial charge in [0.1, 0.15) is 5.69 Å². The summed E-state index contributed by atoms with van der Waals surface area (Å²) in [6, 6.07) is 1.75. The van der Waals surface area contributed by atoms with Gasteiger partial charge in [0.15, 0.2) is 0 Å². The molecule has 2 rings (SSSR count). The van der Waals surface area contributed by atoms with Crippen molar-refractivity contribution >= 4 is 24.2 Å². The van der Waals surface area contributed by atoms with Crippen LogP contribution in [0.3, 0.4) is 0 Å². The lowest BCUT2D eigenvalue weighted by Crippen LogP contribution is -2.42. The van der Waals surface area contributed by atoms with Crippen molar-refractivity contribution in [2.45, 2.75) is 25.8 Å². The topological polar surface area (TPSA) is 91.2 Å². The van der Waals surface area contributed by atoms with Crippen molar-refractivity contribution in [3.05, 3.63) is 23.5 Å². The summed E-state index contributed by atoms with van der Waals surface area (Å²) in [5, 5.41) is 3.26. The number of primary amides is 1. The molecule has 0 saturated carbocycles. The number of aromatic nitrogens is 1. The van der Waals surface area contributed by atoms with Crippen molar-refractivity contribution in [3.63, 3.8) is 0 Å². The van der Waals surface area contributed by atoms with Gasteiger partial charge in [-0.05, 0) is 25.5 Å². The van der Waals surface area contributed by atoms with Crippen LogP contribution in [0.1, 0.15) is 40.6 Å². The van der Waals surface area contributed by atoms with E-state index in [-0.39, 0.29) is 24.4 Å². The molecule has 1 aromatic heterocycles. The Bertz CT molecular complexity index is 469. The summed E-state index contributed by atoms with van der Waals surface area (Å²) in [5.41, 5.74) is 5.95. The van der Waals surface area contributed by atoms with E-state index in [1.54, 1.807) is 0 Å². The lowest BCUT2D eigenvalue weighted by molar-refractivity contribution is 0.0687. The van der Waals surface area contributed by atoms with Crippen molar-refractivity contribution in [1.82, 2.24) is 15.2 Å². The second-order valence-electron chi connectivity index (χ2n) is 4.81. The molecule has 1 aliphatic rings. The largest absolute Gasteiger partial charge is 0.366 e. The van der Waals surface area contributed by atoms with Gasteiger partial charge in [-0.15, -0.1) is 12.4 Å². The number of rotatable bonds is 5. The highest BCUT2D eigenvalue weighted by Crippen LogP contribution is 2.14. The van der Waals surface area contributed by atoms with Crippen LogP contribution in [0.2, 0.25) is 0 Å². The molecule has 1 aromatic rings. The number of halogens is 1. The molecule has 0 radical (unpaired) electrons. The van der Waals surface area contributed by atoms with Crippen LogP contribution in [0, 0.1) is 0 Å². The number of carbonyl (C=O) groups excluding carboxylic acids is 2. The number of nitrogens with two attached hydrogens (primary N) is 1. The minimum atomic E-state index is -0.528. The number of carbonyl (C=O) groups is 2. The molecule has 1 unspecified atom stereocenters. The summed E-state index contributed by atoms with van der Waals surface area (Å²) < 4.78 is 0. The molecule has 112 valence electrons. The van der Waals surface area contributed by atoms with E-state index in [1.165, 1.54) is 12.3 Å². The third kappa shape index (κ3) is 3.52. The van der Waals surface area contributed by atoms with Crippen LogP contribution in [0.4, 0.5) is 0 Å². The maximum Gasteiger partial charge on any atom is 0.270 e. The predicted molar refractivity (Wildman–Crippen MR) is 79.2 cm³/mol. The molecule has 1 fully saturated rings. The van der Waals surface area contributed by atoms with Gasteiger partial charge < -0.3 is 20.9 Å². The van der Waals surface area contributed by atoms with E-state index in [9.17, 15) is 9.59 Å². The van der Waals surface area contributed by atoms with E-state index in [4.69, 9.17) is 5.73 Å². The van der Waals surface area contributed by atoms with Crippen LogP contribution in [0.15, 0.2) is 12.3 Å². The Labute approximate surface area is 124 Å². The third-order valence-electron chi connectivity index (χ3n) is 3.40. The molecule has 7 heteroatoms. The van der Waals surface area contributed by atoms with Gasteiger partial charge in [-0.3, -0.25) is 9.59 Å². The Morgan fingerprint density at radius 2 is 2.25 bits per heavy atom. The van der Waals surface area contributed by atoms with Gasteiger partial charge >= 0.3 is 0 Å². The molecule has 0 spiro atoms. The normalized spacial score (nSPS) is 17.6. The molecule has 1 atom stereocenters. The van der Waals surface area contributed by atoms with Crippen LogP contribution < -0.4 is 11.1 Å². The van der Waals surface area contributed by atoms with Crippen molar-refractivity contribution in [2.24, 2.45) is 5.73 Å². The standard InChI is InChI=1S/C13H20N4O2.ClH/c1-2-5-17(10-3-4-15-8-10)13(19)11-6-9(7-16-11)12(14)18;/h6-7,10,15-16H,2-5,8H2,1H3,(H2,14,18);1H. The molecule has 0 bridgehead atoms. The zero-order valence-electron chi connectivity index (χ0n) is 11.5. The second-order valence-corrected chi connectivity index (χ2v) is 4.81. The molecule has 2 amide bonds. The monoisotopic (exact) mass is 300 g/mol. The fraction of sp³-hybridized carbons (Fsp3) is 0.538. The summed E-state index contributed by atoms with van der Waals surface area (Å²) in [5.74, 6) is -0.595. The number of aromatic amines is 1.